The third-order valence-electron chi connectivity index (χ3n) is 3.25. The van der Waals surface area contributed by atoms with E-state index in [2.05, 4.69) is 26.1 Å². The van der Waals surface area contributed by atoms with E-state index in [0.29, 0.717) is 13.0 Å². The van der Waals surface area contributed by atoms with Crippen LogP contribution in [0.4, 0.5) is 8.78 Å². The van der Waals surface area contributed by atoms with Gasteiger partial charge in [-0.25, -0.2) is 8.78 Å². The van der Waals surface area contributed by atoms with Crippen molar-refractivity contribution >= 4 is 0 Å². The van der Waals surface area contributed by atoms with Gasteiger partial charge in [0.25, 0.3) is 6.43 Å². The summed E-state index contributed by atoms with van der Waals surface area (Å²) in [5.74, 6) is 0. The number of hydrogen-bond donors (Lipinski definition) is 2. The normalized spacial score (nSPS) is 13.8. The third kappa shape index (κ3) is 5.25. The molecule has 0 aliphatic heterocycles. The number of rotatable bonds is 6. The van der Waals surface area contributed by atoms with Gasteiger partial charge in [0.2, 0.25) is 0 Å². The van der Waals surface area contributed by atoms with E-state index in [-0.39, 0.29) is 23.6 Å². The molecule has 0 fully saturated rings. The van der Waals surface area contributed by atoms with Gasteiger partial charge in [-0.05, 0) is 17.4 Å². The monoisotopic (exact) mass is 271 g/mol. The number of benzene rings is 1. The number of aliphatic hydroxyl groups is 1. The first-order chi connectivity index (χ1) is 8.84. The van der Waals surface area contributed by atoms with E-state index < -0.39 is 6.43 Å². The molecule has 4 heteroatoms. The van der Waals surface area contributed by atoms with Crippen LogP contribution in [0.15, 0.2) is 24.3 Å². The maximum absolute atomic E-state index is 12.4. The van der Waals surface area contributed by atoms with Gasteiger partial charge in [0, 0.05) is 24.8 Å². The molecule has 108 valence electrons. The van der Waals surface area contributed by atoms with Crippen molar-refractivity contribution in [2.24, 2.45) is 5.41 Å². The van der Waals surface area contributed by atoms with Crippen molar-refractivity contribution < 1.29 is 13.9 Å². The minimum atomic E-state index is -2.42. The lowest BCUT2D eigenvalue weighted by Crippen LogP contribution is -2.40. The summed E-state index contributed by atoms with van der Waals surface area (Å²) >= 11 is 0. The Hall–Kier alpha value is -1.00. The van der Waals surface area contributed by atoms with E-state index in [9.17, 15) is 8.78 Å². The Morgan fingerprint density at radius 2 is 1.74 bits per heavy atom. The molecule has 19 heavy (non-hydrogen) atoms. The summed E-state index contributed by atoms with van der Waals surface area (Å²) in [7, 11) is 0. The van der Waals surface area contributed by atoms with Gasteiger partial charge in [0.15, 0.2) is 0 Å². The standard InChI is InChI=1S/C15H23F2NO/c1-15(2,3)13(8-9-19)18-10-11-4-6-12(7-5-11)14(16)17/h4-7,13-14,18-19H,8-10H2,1-3H3. The maximum Gasteiger partial charge on any atom is 0.263 e. The van der Waals surface area contributed by atoms with Crippen molar-refractivity contribution in [2.75, 3.05) is 6.61 Å². The number of nitrogens with one attached hydrogen (secondary N) is 1. The van der Waals surface area contributed by atoms with E-state index in [1.54, 1.807) is 12.1 Å². The van der Waals surface area contributed by atoms with Crippen LogP contribution in [0.3, 0.4) is 0 Å². The van der Waals surface area contributed by atoms with Gasteiger partial charge in [-0.3, -0.25) is 0 Å². The quantitative estimate of drug-likeness (QED) is 0.830. The maximum atomic E-state index is 12.4. The topological polar surface area (TPSA) is 32.3 Å². The fraction of sp³-hybridized carbons (Fsp3) is 0.600. The number of halogens is 2. The van der Waals surface area contributed by atoms with Crippen LogP contribution in [0.5, 0.6) is 0 Å². The zero-order valence-electron chi connectivity index (χ0n) is 11.8. The van der Waals surface area contributed by atoms with E-state index in [4.69, 9.17) is 5.11 Å². The largest absolute Gasteiger partial charge is 0.396 e. The van der Waals surface area contributed by atoms with Crippen LogP contribution in [0, 0.1) is 5.41 Å². The van der Waals surface area contributed by atoms with E-state index in [1.807, 2.05) is 0 Å². The lowest BCUT2D eigenvalue weighted by molar-refractivity contribution is 0.151. The molecule has 0 aliphatic carbocycles. The number of aliphatic hydroxyl groups excluding tert-OH is 1. The van der Waals surface area contributed by atoms with Gasteiger partial charge in [0.1, 0.15) is 0 Å². The first-order valence-corrected chi connectivity index (χ1v) is 6.56. The molecule has 0 aliphatic rings. The highest BCUT2D eigenvalue weighted by atomic mass is 19.3. The molecule has 0 spiro atoms. The molecule has 0 aromatic heterocycles. The zero-order chi connectivity index (χ0) is 14.5. The highest BCUT2D eigenvalue weighted by molar-refractivity contribution is 5.23. The SMILES string of the molecule is CC(C)(C)C(CCO)NCc1ccc(C(F)F)cc1. The molecule has 0 heterocycles. The highest BCUT2D eigenvalue weighted by Gasteiger charge is 2.23. The van der Waals surface area contributed by atoms with Gasteiger partial charge in [-0.1, -0.05) is 45.0 Å². The van der Waals surface area contributed by atoms with Crippen LogP contribution in [0.25, 0.3) is 0 Å². The molecular formula is C15H23F2NO. The second-order valence-corrected chi connectivity index (χ2v) is 5.85. The van der Waals surface area contributed by atoms with Gasteiger partial charge >= 0.3 is 0 Å². The van der Waals surface area contributed by atoms with Gasteiger partial charge in [0.05, 0.1) is 0 Å². The lowest BCUT2D eigenvalue weighted by atomic mass is 9.85. The van der Waals surface area contributed by atoms with Crippen LogP contribution in [-0.4, -0.2) is 17.8 Å². The van der Waals surface area contributed by atoms with Gasteiger partial charge in [-0.15, -0.1) is 0 Å². The van der Waals surface area contributed by atoms with Gasteiger partial charge in [-0.2, -0.15) is 0 Å². The summed E-state index contributed by atoms with van der Waals surface area (Å²) in [6, 6.07) is 6.53. The van der Waals surface area contributed by atoms with Crippen LogP contribution in [0.1, 0.15) is 44.7 Å². The Morgan fingerprint density at radius 1 is 1.16 bits per heavy atom. The zero-order valence-corrected chi connectivity index (χ0v) is 11.8. The Kier molecular flexibility index (Phi) is 5.88. The van der Waals surface area contributed by atoms with Crippen molar-refractivity contribution in [1.82, 2.24) is 5.32 Å². The summed E-state index contributed by atoms with van der Waals surface area (Å²) < 4.78 is 24.9. The predicted molar refractivity (Wildman–Crippen MR) is 73.2 cm³/mol. The summed E-state index contributed by atoms with van der Waals surface area (Å²) in [6.07, 6.45) is -1.74. The van der Waals surface area contributed by atoms with E-state index in [0.717, 1.165) is 5.56 Å². The Morgan fingerprint density at radius 3 is 2.16 bits per heavy atom. The molecule has 1 unspecified atom stereocenters. The fourth-order valence-corrected chi connectivity index (χ4v) is 1.99. The minimum absolute atomic E-state index is 0.0473. The lowest BCUT2D eigenvalue weighted by Gasteiger charge is -2.31. The van der Waals surface area contributed by atoms with Crippen molar-refractivity contribution in [3.8, 4) is 0 Å². The van der Waals surface area contributed by atoms with Crippen molar-refractivity contribution in [2.45, 2.75) is 46.2 Å². The third-order valence-corrected chi connectivity index (χ3v) is 3.25. The second kappa shape index (κ2) is 6.96. The second-order valence-electron chi connectivity index (χ2n) is 5.85. The van der Waals surface area contributed by atoms with Gasteiger partial charge < -0.3 is 10.4 Å². The minimum Gasteiger partial charge on any atom is -0.396 e. The summed E-state index contributed by atoms with van der Waals surface area (Å²) in [4.78, 5) is 0. The molecule has 2 N–H and O–H groups in total. The van der Waals surface area contributed by atoms with E-state index >= 15 is 0 Å². The molecule has 0 saturated heterocycles. The average Bonchev–Trinajstić information content (AvgIpc) is 2.33. The first kappa shape index (κ1) is 16.1. The molecule has 0 amide bonds. The summed E-state index contributed by atoms with van der Waals surface area (Å²) in [6.45, 7) is 7.09. The van der Waals surface area contributed by atoms with Crippen LogP contribution < -0.4 is 5.32 Å². The Balaban J connectivity index is 2.59. The van der Waals surface area contributed by atoms with E-state index in [1.165, 1.54) is 12.1 Å². The molecule has 1 aromatic rings. The summed E-state index contributed by atoms with van der Waals surface area (Å²) in [5, 5.41) is 12.4. The number of hydrogen-bond acceptors (Lipinski definition) is 2. The van der Waals surface area contributed by atoms with Crippen LogP contribution in [0.2, 0.25) is 0 Å². The average molecular weight is 271 g/mol. The van der Waals surface area contributed by atoms with Crippen molar-refractivity contribution in [3.63, 3.8) is 0 Å². The van der Waals surface area contributed by atoms with Crippen molar-refractivity contribution in [3.05, 3.63) is 35.4 Å². The molecule has 0 bridgehead atoms. The molecular weight excluding hydrogens is 248 g/mol. The van der Waals surface area contributed by atoms with Crippen LogP contribution in [-0.2, 0) is 6.54 Å². The first-order valence-electron chi connectivity index (χ1n) is 6.56. The Bertz CT molecular complexity index is 371. The molecule has 1 atom stereocenters. The van der Waals surface area contributed by atoms with Crippen LogP contribution >= 0.6 is 0 Å². The van der Waals surface area contributed by atoms with Crippen molar-refractivity contribution in [1.29, 1.82) is 0 Å². The predicted octanol–water partition coefficient (Wildman–Crippen LogP) is 3.51. The Labute approximate surface area is 113 Å². The molecule has 1 rings (SSSR count). The fourth-order valence-electron chi connectivity index (χ4n) is 1.99. The molecule has 2 nitrogen and oxygen atoms in total. The molecule has 0 saturated carbocycles. The number of alkyl halides is 2. The highest BCUT2D eigenvalue weighted by Crippen LogP contribution is 2.22. The smallest absolute Gasteiger partial charge is 0.263 e. The molecule has 1 aromatic carbocycles. The molecule has 0 radical (unpaired) electrons. The summed E-state index contributed by atoms with van der Waals surface area (Å²) in [5.41, 5.74) is 1.06.